The molecule has 0 heterocycles. The van der Waals surface area contributed by atoms with E-state index in [-0.39, 0.29) is 0 Å². The topological polar surface area (TPSA) is 44.8 Å². The number of ether oxygens (including phenoxy) is 3. The molecule has 0 aromatic heterocycles. The molecule has 4 heteroatoms. The lowest BCUT2D eigenvalue weighted by molar-refractivity contribution is 0.112. The van der Waals surface area contributed by atoms with Crippen molar-refractivity contribution in [2.45, 2.75) is 6.42 Å². The third-order valence-electron chi connectivity index (χ3n) is 2.04. The van der Waals surface area contributed by atoms with E-state index in [9.17, 15) is 4.79 Å². The lowest BCUT2D eigenvalue weighted by Gasteiger charge is -2.08. The van der Waals surface area contributed by atoms with Gasteiger partial charge < -0.3 is 14.2 Å². The van der Waals surface area contributed by atoms with Crippen LogP contribution < -0.4 is 9.47 Å². The molecule has 88 valence electrons. The predicted octanol–water partition coefficient (Wildman–Crippen LogP) is 1.92. The predicted molar refractivity (Wildman–Crippen MR) is 60.4 cm³/mol. The fourth-order valence-electron chi connectivity index (χ4n) is 1.26. The zero-order valence-electron chi connectivity index (χ0n) is 9.56. The van der Waals surface area contributed by atoms with Crippen molar-refractivity contribution in [2.75, 3.05) is 27.4 Å². The molecule has 0 radical (unpaired) electrons. The second-order valence-corrected chi connectivity index (χ2v) is 3.25. The third-order valence-corrected chi connectivity index (χ3v) is 2.04. The molecule has 16 heavy (non-hydrogen) atoms. The Hall–Kier alpha value is -1.55. The Balaban J connectivity index is 2.60. The second-order valence-electron chi connectivity index (χ2n) is 3.25. The molecule has 0 unspecified atom stereocenters. The number of methoxy groups -OCH3 is 2. The van der Waals surface area contributed by atoms with Gasteiger partial charge in [-0.1, -0.05) is 0 Å². The van der Waals surface area contributed by atoms with Crippen LogP contribution in [0.25, 0.3) is 0 Å². The molecule has 0 fully saturated rings. The van der Waals surface area contributed by atoms with Crippen molar-refractivity contribution in [3.05, 3.63) is 23.8 Å². The van der Waals surface area contributed by atoms with Crippen LogP contribution in [-0.4, -0.2) is 33.7 Å². The Morgan fingerprint density at radius 1 is 1.12 bits per heavy atom. The van der Waals surface area contributed by atoms with Crippen LogP contribution in [0.15, 0.2) is 18.2 Å². The van der Waals surface area contributed by atoms with Gasteiger partial charge in [0.1, 0.15) is 17.8 Å². The maximum atomic E-state index is 10.7. The maximum absolute atomic E-state index is 10.7. The first kappa shape index (κ1) is 12.5. The summed E-state index contributed by atoms with van der Waals surface area (Å²) >= 11 is 0. The lowest BCUT2D eigenvalue weighted by Crippen LogP contribution is -2.02. The lowest BCUT2D eigenvalue weighted by atomic mass is 10.2. The maximum Gasteiger partial charge on any atom is 0.150 e. The number of carbonyl (C=O) groups is 1. The van der Waals surface area contributed by atoms with Gasteiger partial charge in [-0.3, -0.25) is 4.79 Å². The van der Waals surface area contributed by atoms with Crippen molar-refractivity contribution in [3.8, 4) is 11.5 Å². The molecule has 0 spiro atoms. The van der Waals surface area contributed by atoms with Gasteiger partial charge in [0, 0.05) is 31.8 Å². The third kappa shape index (κ3) is 3.90. The summed E-state index contributed by atoms with van der Waals surface area (Å²) in [5.74, 6) is 1.25. The fourth-order valence-corrected chi connectivity index (χ4v) is 1.26. The Morgan fingerprint density at radius 3 is 2.50 bits per heavy atom. The quantitative estimate of drug-likeness (QED) is 0.524. The summed E-state index contributed by atoms with van der Waals surface area (Å²) in [6.07, 6.45) is 1.58. The van der Waals surface area contributed by atoms with E-state index in [0.717, 1.165) is 12.7 Å². The molecule has 1 aromatic carbocycles. The molecule has 4 nitrogen and oxygen atoms in total. The normalized spacial score (nSPS) is 9.88. The van der Waals surface area contributed by atoms with Crippen molar-refractivity contribution in [3.63, 3.8) is 0 Å². The summed E-state index contributed by atoms with van der Waals surface area (Å²) in [4.78, 5) is 10.7. The standard InChI is InChI=1S/C12H16O4/c1-14-4-3-5-16-12-7-10(9-13)6-11(8-12)15-2/h6-9H,3-5H2,1-2H3. The minimum atomic E-state index is 0.543. The number of carbonyl (C=O) groups excluding carboxylic acids is 1. The molecule has 0 saturated carbocycles. The molecule has 0 aliphatic rings. The van der Waals surface area contributed by atoms with Crippen LogP contribution in [-0.2, 0) is 4.74 Å². The summed E-state index contributed by atoms with van der Waals surface area (Å²) in [7, 11) is 3.20. The van der Waals surface area contributed by atoms with Crippen LogP contribution in [0.1, 0.15) is 16.8 Å². The summed E-state index contributed by atoms with van der Waals surface area (Å²) in [6.45, 7) is 1.21. The van der Waals surface area contributed by atoms with Crippen molar-refractivity contribution >= 4 is 6.29 Å². The van der Waals surface area contributed by atoms with Crippen LogP contribution in [0, 0.1) is 0 Å². The summed E-state index contributed by atoms with van der Waals surface area (Å²) < 4.78 is 15.4. The largest absolute Gasteiger partial charge is 0.497 e. The average Bonchev–Trinajstić information content (AvgIpc) is 2.34. The van der Waals surface area contributed by atoms with E-state index in [4.69, 9.17) is 14.2 Å². The van der Waals surface area contributed by atoms with E-state index >= 15 is 0 Å². The highest BCUT2D eigenvalue weighted by Crippen LogP contribution is 2.21. The molecule has 1 aromatic rings. The van der Waals surface area contributed by atoms with Crippen LogP contribution in [0.5, 0.6) is 11.5 Å². The van der Waals surface area contributed by atoms with Crippen LogP contribution in [0.3, 0.4) is 0 Å². The Labute approximate surface area is 95.1 Å². The van der Waals surface area contributed by atoms with Gasteiger partial charge in [-0.15, -0.1) is 0 Å². The Kier molecular flexibility index (Phi) is 5.36. The van der Waals surface area contributed by atoms with Gasteiger partial charge in [0.05, 0.1) is 13.7 Å². The molecule has 0 amide bonds. The van der Waals surface area contributed by atoms with Gasteiger partial charge in [-0.25, -0.2) is 0 Å². The SMILES string of the molecule is COCCCOc1cc(C=O)cc(OC)c1. The molecular weight excluding hydrogens is 208 g/mol. The van der Waals surface area contributed by atoms with Gasteiger partial charge in [0.2, 0.25) is 0 Å². The fraction of sp³-hybridized carbons (Fsp3) is 0.417. The van der Waals surface area contributed by atoms with E-state index in [1.165, 1.54) is 0 Å². The van der Waals surface area contributed by atoms with Crippen LogP contribution in [0.2, 0.25) is 0 Å². The second kappa shape index (κ2) is 6.85. The molecule has 1 rings (SSSR count). The zero-order valence-corrected chi connectivity index (χ0v) is 9.56. The smallest absolute Gasteiger partial charge is 0.150 e. The van der Waals surface area contributed by atoms with Crippen LogP contribution >= 0.6 is 0 Å². The van der Waals surface area contributed by atoms with E-state index in [1.54, 1.807) is 32.4 Å². The number of hydrogen-bond donors (Lipinski definition) is 0. The van der Waals surface area contributed by atoms with Crippen molar-refractivity contribution in [2.24, 2.45) is 0 Å². The molecular formula is C12H16O4. The average molecular weight is 224 g/mol. The molecule has 0 aliphatic carbocycles. The van der Waals surface area contributed by atoms with Crippen molar-refractivity contribution in [1.29, 1.82) is 0 Å². The summed E-state index contributed by atoms with van der Waals surface area (Å²) in [6, 6.07) is 5.09. The van der Waals surface area contributed by atoms with E-state index in [0.29, 0.717) is 30.3 Å². The van der Waals surface area contributed by atoms with E-state index in [1.807, 2.05) is 0 Å². The summed E-state index contributed by atoms with van der Waals surface area (Å²) in [5, 5.41) is 0. The number of hydrogen-bond acceptors (Lipinski definition) is 4. The summed E-state index contributed by atoms with van der Waals surface area (Å²) in [5.41, 5.74) is 0.543. The molecule has 0 aliphatic heterocycles. The zero-order chi connectivity index (χ0) is 11.8. The first-order valence-electron chi connectivity index (χ1n) is 5.06. The van der Waals surface area contributed by atoms with Crippen LogP contribution in [0.4, 0.5) is 0 Å². The monoisotopic (exact) mass is 224 g/mol. The van der Waals surface area contributed by atoms with Gasteiger partial charge in [0.25, 0.3) is 0 Å². The minimum absolute atomic E-state index is 0.543. The first-order valence-corrected chi connectivity index (χ1v) is 5.06. The van der Waals surface area contributed by atoms with E-state index < -0.39 is 0 Å². The molecule has 0 bridgehead atoms. The van der Waals surface area contributed by atoms with E-state index in [2.05, 4.69) is 0 Å². The van der Waals surface area contributed by atoms with Crippen molar-refractivity contribution in [1.82, 2.24) is 0 Å². The highest BCUT2D eigenvalue weighted by atomic mass is 16.5. The minimum Gasteiger partial charge on any atom is -0.497 e. The highest BCUT2D eigenvalue weighted by Gasteiger charge is 2.01. The highest BCUT2D eigenvalue weighted by molar-refractivity contribution is 5.76. The van der Waals surface area contributed by atoms with Crippen molar-refractivity contribution < 1.29 is 19.0 Å². The number of rotatable bonds is 7. The molecule has 0 atom stereocenters. The number of benzene rings is 1. The van der Waals surface area contributed by atoms with Gasteiger partial charge >= 0.3 is 0 Å². The first-order chi connectivity index (χ1) is 7.80. The molecule has 0 N–H and O–H groups in total. The van der Waals surface area contributed by atoms with Gasteiger partial charge in [-0.2, -0.15) is 0 Å². The van der Waals surface area contributed by atoms with Gasteiger partial charge in [-0.05, 0) is 12.1 Å². The Morgan fingerprint density at radius 2 is 1.88 bits per heavy atom. The molecule has 0 saturated heterocycles. The van der Waals surface area contributed by atoms with Gasteiger partial charge in [0.15, 0.2) is 0 Å². The number of aldehydes is 1. The Bertz CT molecular complexity index is 336.